The summed E-state index contributed by atoms with van der Waals surface area (Å²) >= 11 is 1.37. The molecule has 0 amide bonds. The van der Waals surface area contributed by atoms with E-state index in [1.54, 1.807) is 49.6 Å². The first-order valence-electron chi connectivity index (χ1n) is 7.51. The smallest absolute Gasteiger partial charge is 0.346 e. The monoisotopic (exact) mass is 351 g/mol. The highest BCUT2D eigenvalue weighted by molar-refractivity contribution is 7.13. The number of phenols is 1. The summed E-state index contributed by atoms with van der Waals surface area (Å²) in [7, 11) is 1.59. The van der Waals surface area contributed by atoms with Crippen molar-refractivity contribution in [3.63, 3.8) is 0 Å². The molecule has 4 aromatic rings. The van der Waals surface area contributed by atoms with Crippen LogP contribution in [0.1, 0.15) is 0 Å². The molecule has 0 aliphatic carbocycles. The third-order valence-electron chi connectivity index (χ3n) is 3.84. The molecular formula is C19H13NO4S. The first-order chi connectivity index (χ1) is 12.1. The number of hydrogen-bond acceptors (Lipinski definition) is 6. The molecule has 0 radical (unpaired) electrons. The minimum Gasteiger partial charge on any atom is -0.508 e. The van der Waals surface area contributed by atoms with Crippen molar-refractivity contribution < 1.29 is 14.3 Å². The molecule has 0 saturated heterocycles. The molecule has 2 aromatic heterocycles. The number of phenolic OH excluding ortho intramolecular Hbond substituents is 1. The minimum absolute atomic E-state index is 0.198. The topological polar surface area (TPSA) is 72.6 Å². The normalized spacial score (nSPS) is 10.9. The van der Waals surface area contributed by atoms with Gasteiger partial charge >= 0.3 is 5.63 Å². The fourth-order valence-corrected chi connectivity index (χ4v) is 3.37. The number of fused-ring (bicyclic) bond motifs is 1. The van der Waals surface area contributed by atoms with E-state index in [1.165, 1.54) is 11.3 Å². The lowest BCUT2D eigenvalue weighted by atomic mass is 10.1. The molecule has 0 fully saturated rings. The molecule has 0 unspecified atom stereocenters. The van der Waals surface area contributed by atoms with Crippen molar-refractivity contribution in [1.82, 2.24) is 4.98 Å². The van der Waals surface area contributed by atoms with Crippen molar-refractivity contribution in [2.45, 2.75) is 0 Å². The van der Waals surface area contributed by atoms with Crippen molar-refractivity contribution in [3.05, 3.63) is 64.3 Å². The molecule has 2 heterocycles. The zero-order chi connectivity index (χ0) is 17.4. The quantitative estimate of drug-likeness (QED) is 0.557. The van der Waals surface area contributed by atoms with E-state index >= 15 is 0 Å². The van der Waals surface area contributed by atoms with Crippen LogP contribution in [0.3, 0.4) is 0 Å². The van der Waals surface area contributed by atoms with Crippen LogP contribution in [0, 0.1) is 0 Å². The second kappa shape index (κ2) is 6.07. The lowest BCUT2D eigenvalue weighted by Crippen LogP contribution is -2.02. The van der Waals surface area contributed by atoms with Gasteiger partial charge in [-0.2, -0.15) is 0 Å². The number of nitrogens with zero attached hydrogens (tertiary/aromatic N) is 1. The van der Waals surface area contributed by atoms with Crippen LogP contribution in [0.4, 0.5) is 0 Å². The molecule has 0 aliphatic heterocycles. The van der Waals surface area contributed by atoms with E-state index in [2.05, 4.69) is 4.98 Å². The molecule has 0 spiro atoms. The molecule has 1 N–H and O–H groups in total. The summed E-state index contributed by atoms with van der Waals surface area (Å²) < 4.78 is 10.6. The standard InChI is InChI=1S/C19H13NO4S/c1-23-14-6-7-17-12(8-14)9-15(19(22)24-17)18-20-16(10-25-18)11-2-4-13(21)5-3-11/h2-10,21H,1H3. The molecular weight excluding hydrogens is 338 g/mol. The average molecular weight is 351 g/mol. The molecule has 0 bridgehead atoms. The van der Waals surface area contributed by atoms with E-state index in [0.717, 1.165) is 16.6 Å². The van der Waals surface area contributed by atoms with Gasteiger partial charge < -0.3 is 14.3 Å². The Balaban J connectivity index is 1.80. The van der Waals surface area contributed by atoms with Gasteiger partial charge in [0.1, 0.15) is 22.1 Å². The first kappa shape index (κ1) is 15.4. The zero-order valence-corrected chi connectivity index (χ0v) is 14.0. The number of hydrogen-bond donors (Lipinski definition) is 1. The van der Waals surface area contributed by atoms with Crippen molar-refractivity contribution in [1.29, 1.82) is 0 Å². The SMILES string of the molecule is COc1ccc2oc(=O)c(-c3nc(-c4ccc(O)cc4)cs3)cc2c1. The second-order valence-electron chi connectivity index (χ2n) is 5.44. The summed E-state index contributed by atoms with van der Waals surface area (Å²) in [5.41, 5.74) is 2.10. The summed E-state index contributed by atoms with van der Waals surface area (Å²) in [5.74, 6) is 0.888. The fourth-order valence-electron chi connectivity index (χ4n) is 2.54. The van der Waals surface area contributed by atoms with Gasteiger partial charge in [0.15, 0.2) is 0 Å². The first-order valence-corrected chi connectivity index (χ1v) is 8.39. The molecule has 0 atom stereocenters. The average Bonchev–Trinajstić information content (AvgIpc) is 3.11. The highest BCUT2D eigenvalue weighted by Gasteiger charge is 2.13. The van der Waals surface area contributed by atoms with Crippen LogP contribution < -0.4 is 10.4 Å². The maximum absolute atomic E-state index is 12.3. The van der Waals surface area contributed by atoms with Gasteiger partial charge in [0.2, 0.25) is 0 Å². The Kier molecular flexibility index (Phi) is 3.74. The summed E-state index contributed by atoms with van der Waals surface area (Å²) in [6.45, 7) is 0. The van der Waals surface area contributed by atoms with Crippen LogP contribution in [-0.4, -0.2) is 17.2 Å². The predicted octanol–water partition coefficient (Wildman–Crippen LogP) is 4.30. The van der Waals surface area contributed by atoms with Crippen LogP contribution in [0.5, 0.6) is 11.5 Å². The van der Waals surface area contributed by atoms with E-state index in [9.17, 15) is 9.90 Å². The number of benzene rings is 2. The Morgan fingerprint density at radius 1 is 1.12 bits per heavy atom. The lowest BCUT2D eigenvalue weighted by molar-refractivity contribution is 0.415. The summed E-state index contributed by atoms with van der Waals surface area (Å²) in [6.07, 6.45) is 0. The molecule has 124 valence electrons. The highest BCUT2D eigenvalue weighted by atomic mass is 32.1. The van der Waals surface area contributed by atoms with Gasteiger partial charge in [0, 0.05) is 16.3 Å². The molecule has 5 nitrogen and oxygen atoms in total. The number of rotatable bonds is 3. The highest BCUT2D eigenvalue weighted by Crippen LogP contribution is 2.30. The fraction of sp³-hybridized carbons (Fsp3) is 0.0526. The largest absolute Gasteiger partial charge is 0.508 e. The molecule has 25 heavy (non-hydrogen) atoms. The van der Waals surface area contributed by atoms with E-state index in [1.807, 2.05) is 11.4 Å². The number of aromatic hydroxyl groups is 1. The van der Waals surface area contributed by atoms with E-state index < -0.39 is 5.63 Å². The summed E-state index contributed by atoms with van der Waals surface area (Å²) in [5, 5.41) is 12.6. The Morgan fingerprint density at radius 3 is 2.68 bits per heavy atom. The zero-order valence-electron chi connectivity index (χ0n) is 13.2. The van der Waals surface area contributed by atoms with Crippen molar-refractivity contribution >= 4 is 22.3 Å². The lowest BCUT2D eigenvalue weighted by Gasteiger charge is -2.03. The van der Waals surface area contributed by atoms with E-state index in [-0.39, 0.29) is 5.75 Å². The Labute approximate surface area is 146 Å². The number of aromatic nitrogens is 1. The Bertz CT molecular complexity index is 1110. The maximum Gasteiger partial charge on any atom is 0.346 e. The van der Waals surface area contributed by atoms with Gasteiger partial charge in [-0.3, -0.25) is 0 Å². The van der Waals surface area contributed by atoms with Gasteiger partial charge in [-0.25, -0.2) is 9.78 Å². The van der Waals surface area contributed by atoms with E-state index in [0.29, 0.717) is 21.9 Å². The third kappa shape index (κ3) is 2.88. The molecule has 4 rings (SSSR count). The molecule has 0 aliphatic rings. The van der Waals surface area contributed by atoms with E-state index in [4.69, 9.17) is 9.15 Å². The minimum atomic E-state index is -0.427. The number of ether oxygens (including phenoxy) is 1. The van der Waals surface area contributed by atoms with Crippen molar-refractivity contribution in [2.24, 2.45) is 0 Å². The third-order valence-corrected chi connectivity index (χ3v) is 4.71. The summed E-state index contributed by atoms with van der Waals surface area (Å²) in [6, 6.07) is 13.8. The van der Waals surface area contributed by atoms with Gasteiger partial charge in [-0.1, -0.05) is 0 Å². The predicted molar refractivity (Wildman–Crippen MR) is 97.2 cm³/mol. The second-order valence-corrected chi connectivity index (χ2v) is 6.29. The van der Waals surface area contributed by atoms with Gasteiger partial charge in [0.25, 0.3) is 0 Å². The van der Waals surface area contributed by atoms with Crippen LogP contribution in [0.15, 0.2) is 63.1 Å². The van der Waals surface area contributed by atoms with Crippen LogP contribution in [-0.2, 0) is 0 Å². The number of thiazole rings is 1. The van der Waals surface area contributed by atoms with Crippen LogP contribution >= 0.6 is 11.3 Å². The van der Waals surface area contributed by atoms with Crippen molar-refractivity contribution in [3.8, 4) is 33.3 Å². The molecule has 0 saturated carbocycles. The Morgan fingerprint density at radius 2 is 1.92 bits per heavy atom. The van der Waals surface area contributed by atoms with Crippen molar-refractivity contribution in [2.75, 3.05) is 7.11 Å². The maximum atomic E-state index is 12.3. The molecule has 2 aromatic carbocycles. The van der Waals surface area contributed by atoms with Gasteiger partial charge in [0.05, 0.1) is 18.4 Å². The summed E-state index contributed by atoms with van der Waals surface area (Å²) in [4.78, 5) is 16.9. The number of methoxy groups -OCH3 is 1. The van der Waals surface area contributed by atoms with Gasteiger partial charge in [-0.05, 0) is 48.5 Å². The van der Waals surface area contributed by atoms with Crippen LogP contribution in [0.25, 0.3) is 32.8 Å². The van der Waals surface area contributed by atoms with Crippen LogP contribution in [0.2, 0.25) is 0 Å². The van der Waals surface area contributed by atoms with Gasteiger partial charge in [-0.15, -0.1) is 11.3 Å². The molecule has 6 heteroatoms. The Hall–Kier alpha value is -3.12.